The Morgan fingerprint density at radius 1 is 1.00 bits per heavy atom. The van der Waals surface area contributed by atoms with Crippen molar-refractivity contribution in [1.29, 1.82) is 0 Å². The van der Waals surface area contributed by atoms with Crippen molar-refractivity contribution in [3.8, 4) is 0 Å². The van der Waals surface area contributed by atoms with Gasteiger partial charge in [-0.15, -0.1) is 0 Å². The van der Waals surface area contributed by atoms with Crippen molar-refractivity contribution < 1.29 is 13.2 Å². The minimum absolute atomic E-state index is 0.0385. The molecule has 27 heavy (non-hydrogen) atoms. The molecule has 1 fully saturated rings. The zero-order chi connectivity index (χ0) is 19.4. The van der Waals surface area contributed by atoms with Crippen LogP contribution in [0.5, 0.6) is 0 Å². The third-order valence-corrected chi connectivity index (χ3v) is 7.93. The number of nitrogens with zero attached hydrogens (tertiary/aromatic N) is 1. The van der Waals surface area contributed by atoms with E-state index in [1.165, 1.54) is 0 Å². The van der Waals surface area contributed by atoms with E-state index in [-0.39, 0.29) is 5.91 Å². The Kier molecular flexibility index (Phi) is 6.45. The van der Waals surface area contributed by atoms with Crippen molar-refractivity contribution in [3.05, 3.63) is 64.1 Å². The number of carbonyl (C=O) groups is 1. The molecule has 7 heteroatoms. The van der Waals surface area contributed by atoms with Gasteiger partial charge in [0, 0.05) is 19.5 Å². The second-order valence-corrected chi connectivity index (χ2v) is 9.73. The van der Waals surface area contributed by atoms with Gasteiger partial charge < -0.3 is 4.90 Å². The summed E-state index contributed by atoms with van der Waals surface area (Å²) in [4.78, 5) is 14.6. The highest BCUT2D eigenvalue weighted by molar-refractivity contribution is 7.92. The van der Waals surface area contributed by atoms with Gasteiger partial charge in [-0.3, -0.25) is 4.79 Å². The van der Waals surface area contributed by atoms with E-state index in [4.69, 9.17) is 23.2 Å². The largest absolute Gasteiger partial charge is 0.343 e. The SMILES string of the molecule is O=C(CCc1ccc(Cl)c(Cl)c1)N1CCC(S(=O)(=O)c2ccccc2)CC1. The number of hydrogen-bond donors (Lipinski definition) is 0. The molecule has 144 valence electrons. The topological polar surface area (TPSA) is 54.5 Å². The summed E-state index contributed by atoms with van der Waals surface area (Å²) in [5, 5.41) is 0.543. The highest BCUT2D eigenvalue weighted by atomic mass is 35.5. The zero-order valence-electron chi connectivity index (χ0n) is 14.8. The van der Waals surface area contributed by atoms with Gasteiger partial charge in [0.15, 0.2) is 9.84 Å². The lowest BCUT2D eigenvalue weighted by molar-refractivity contribution is -0.132. The summed E-state index contributed by atoms with van der Waals surface area (Å²) in [7, 11) is -3.34. The predicted octanol–water partition coefficient (Wildman–Crippen LogP) is 4.39. The van der Waals surface area contributed by atoms with E-state index in [1.807, 2.05) is 6.07 Å². The number of hydrogen-bond acceptors (Lipinski definition) is 3. The molecule has 1 aliphatic rings. The lowest BCUT2D eigenvalue weighted by atomic mass is 10.1. The van der Waals surface area contributed by atoms with E-state index < -0.39 is 15.1 Å². The van der Waals surface area contributed by atoms with Crippen molar-refractivity contribution in [2.24, 2.45) is 0 Å². The highest BCUT2D eigenvalue weighted by Crippen LogP contribution is 2.26. The number of benzene rings is 2. The highest BCUT2D eigenvalue weighted by Gasteiger charge is 2.32. The summed E-state index contributed by atoms with van der Waals surface area (Å²) in [5.74, 6) is 0.0385. The van der Waals surface area contributed by atoms with Gasteiger partial charge in [0.25, 0.3) is 0 Å². The fourth-order valence-corrected chi connectivity index (χ4v) is 5.40. The Hall–Kier alpha value is -1.56. The van der Waals surface area contributed by atoms with Crippen LogP contribution in [-0.4, -0.2) is 37.6 Å². The van der Waals surface area contributed by atoms with Crippen LogP contribution in [0.4, 0.5) is 0 Å². The molecule has 2 aromatic carbocycles. The van der Waals surface area contributed by atoms with Gasteiger partial charge >= 0.3 is 0 Å². The summed E-state index contributed by atoms with van der Waals surface area (Å²) in [6, 6.07) is 13.9. The monoisotopic (exact) mass is 425 g/mol. The van der Waals surface area contributed by atoms with Crippen LogP contribution in [0.15, 0.2) is 53.4 Å². The van der Waals surface area contributed by atoms with Crippen molar-refractivity contribution in [3.63, 3.8) is 0 Å². The third kappa shape index (κ3) is 4.84. The van der Waals surface area contributed by atoms with Gasteiger partial charge in [-0.25, -0.2) is 8.42 Å². The van der Waals surface area contributed by atoms with Gasteiger partial charge in [0.05, 0.1) is 20.2 Å². The molecule has 0 spiro atoms. The van der Waals surface area contributed by atoms with Gasteiger partial charge in [0.2, 0.25) is 5.91 Å². The molecule has 3 rings (SSSR count). The number of sulfone groups is 1. The van der Waals surface area contributed by atoms with Crippen LogP contribution >= 0.6 is 23.2 Å². The van der Waals surface area contributed by atoms with E-state index in [9.17, 15) is 13.2 Å². The molecule has 0 aromatic heterocycles. The van der Waals surface area contributed by atoms with Gasteiger partial charge in [0.1, 0.15) is 0 Å². The molecular formula is C20H21Cl2NO3S. The first-order valence-corrected chi connectivity index (χ1v) is 11.2. The maximum Gasteiger partial charge on any atom is 0.222 e. The molecule has 1 heterocycles. The van der Waals surface area contributed by atoms with Crippen LogP contribution in [0.3, 0.4) is 0 Å². The maximum absolute atomic E-state index is 12.7. The second-order valence-electron chi connectivity index (χ2n) is 6.69. The standard InChI is InChI=1S/C20H21Cl2NO3S/c21-18-8-6-15(14-19(18)22)7-9-20(24)23-12-10-17(11-13-23)27(25,26)16-4-2-1-3-5-16/h1-6,8,14,17H,7,9-13H2. The normalized spacial score (nSPS) is 15.7. The smallest absolute Gasteiger partial charge is 0.222 e. The van der Waals surface area contributed by atoms with Crippen LogP contribution in [0.1, 0.15) is 24.8 Å². The molecule has 1 aliphatic heterocycles. The predicted molar refractivity (Wildman–Crippen MR) is 108 cm³/mol. The van der Waals surface area contributed by atoms with E-state index in [1.54, 1.807) is 47.4 Å². The fraction of sp³-hybridized carbons (Fsp3) is 0.350. The zero-order valence-corrected chi connectivity index (χ0v) is 17.1. The van der Waals surface area contributed by atoms with Gasteiger partial charge in [-0.2, -0.15) is 0 Å². The fourth-order valence-electron chi connectivity index (χ4n) is 3.32. The maximum atomic E-state index is 12.7. The molecular weight excluding hydrogens is 405 g/mol. The van der Waals surface area contributed by atoms with E-state index in [0.717, 1.165) is 5.56 Å². The van der Waals surface area contributed by atoms with E-state index >= 15 is 0 Å². The Balaban J connectivity index is 1.54. The van der Waals surface area contributed by atoms with E-state index in [0.29, 0.717) is 53.7 Å². The number of carbonyl (C=O) groups excluding carboxylic acids is 1. The lowest BCUT2D eigenvalue weighted by Gasteiger charge is -2.32. The van der Waals surface area contributed by atoms with Gasteiger partial charge in [-0.1, -0.05) is 47.5 Å². The summed E-state index contributed by atoms with van der Waals surface area (Å²) in [5.41, 5.74) is 0.958. The van der Waals surface area contributed by atoms with Crippen molar-refractivity contribution in [1.82, 2.24) is 4.90 Å². The average molecular weight is 426 g/mol. The molecule has 0 aliphatic carbocycles. The van der Waals surface area contributed by atoms with E-state index in [2.05, 4.69) is 0 Å². The molecule has 1 saturated heterocycles. The molecule has 0 unspecified atom stereocenters. The van der Waals surface area contributed by atoms with Crippen LogP contribution in [0.2, 0.25) is 10.0 Å². The molecule has 0 saturated carbocycles. The molecule has 0 N–H and O–H groups in total. The Bertz CT molecular complexity index is 908. The summed E-state index contributed by atoms with van der Waals surface area (Å²) in [6.45, 7) is 0.938. The molecule has 1 amide bonds. The molecule has 2 aromatic rings. The Morgan fingerprint density at radius 3 is 2.30 bits per heavy atom. The Morgan fingerprint density at radius 2 is 1.67 bits per heavy atom. The van der Waals surface area contributed by atoms with Crippen LogP contribution < -0.4 is 0 Å². The molecule has 0 radical (unpaired) electrons. The van der Waals surface area contributed by atoms with Crippen molar-refractivity contribution in [2.75, 3.05) is 13.1 Å². The number of rotatable bonds is 5. The minimum Gasteiger partial charge on any atom is -0.343 e. The summed E-state index contributed by atoms with van der Waals surface area (Å²) < 4.78 is 25.4. The number of aryl methyl sites for hydroxylation is 1. The Labute approximate surface area is 170 Å². The minimum atomic E-state index is -3.34. The van der Waals surface area contributed by atoms with Crippen molar-refractivity contribution in [2.45, 2.75) is 35.8 Å². The molecule has 0 atom stereocenters. The van der Waals surface area contributed by atoms with Gasteiger partial charge in [-0.05, 0) is 49.1 Å². The lowest BCUT2D eigenvalue weighted by Crippen LogP contribution is -2.42. The van der Waals surface area contributed by atoms with Crippen LogP contribution in [-0.2, 0) is 21.1 Å². The summed E-state index contributed by atoms with van der Waals surface area (Å²) in [6.07, 6.45) is 1.89. The average Bonchev–Trinajstić information content (AvgIpc) is 2.69. The first kappa shape index (κ1) is 20.2. The molecule has 0 bridgehead atoms. The first-order valence-electron chi connectivity index (χ1n) is 8.88. The first-order chi connectivity index (χ1) is 12.9. The van der Waals surface area contributed by atoms with Crippen LogP contribution in [0, 0.1) is 0 Å². The second kappa shape index (κ2) is 8.63. The quantitative estimate of drug-likeness (QED) is 0.713. The third-order valence-electron chi connectivity index (χ3n) is 4.92. The number of piperidine rings is 1. The summed E-state index contributed by atoms with van der Waals surface area (Å²) >= 11 is 11.9. The number of likely N-dealkylation sites (tertiary alicyclic amines) is 1. The van der Waals surface area contributed by atoms with Crippen LogP contribution in [0.25, 0.3) is 0 Å². The number of halogens is 2. The molecule has 4 nitrogen and oxygen atoms in total. The van der Waals surface area contributed by atoms with Crippen molar-refractivity contribution >= 4 is 38.9 Å². The number of amides is 1.